The first-order chi connectivity index (χ1) is 11.1. The van der Waals surface area contributed by atoms with Crippen molar-refractivity contribution in [2.75, 3.05) is 33.3 Å². The topological polar surface area (TPSA) is 84.7 Å². The number of piperidine rings is 1. The van der Waals surface area contributed by atoms with Crippen molar-refractivity contribution < 1.29 is 14.3 Å². The van der Waals surface area contributed by atoms with Crippen molar-refractivity contribution in [2.45, 2.75) is 19.4 Å². The van der Waals surface area contributed by atoms with E-state index in [-0.39, 0.29) is 30.2 Å². The Morgan fingerprint density at radius 1 is 1.42 bits per heavy atom. The number of amides is 1. The Hall–Kier alpha value is -1.63. The zero-order chi connectivity index (χ0) is 16.7. The summed E-state index contributed by atoms with van der Waals surface area (Å²) in [5.74, 6) is -0.230. The first kappa shape index (κ1) is 20.4. The summed E-state index contributed by atoms with van der Waals surface area (Å²) >= 11 is 0. The van der Waals surface area contributed by atoms with Crippen molar-refractivity contribution in [1.29, 1.82) is 0 Å². The summed E-state index contributed by atoms with van der Waals surface area (Å²) in [6, 6.07) is 7.44. The molecule has 1 aliphatic heterocycles. The Bertz CT molecular complexity index is 554. The Morgan fingerprint density at radius 3 is 2.92 bits per heavy atom. The number of nitrogens with one attached hydrogen (secondary N) is 1. The molecule has 6 nitrogen and oxygen atoms in total. The number of halogens is 1. The fraction of sp³-hybridized carbons (Fsp3) is 0.529. The van der Waals surface area contributed by atoms with Crippen molar-refractivity contribution in [2.24, 2.45) is 11.7 Å². The van der Waals surface area contributed by atoms with Crippen LogP contribution in [0.1, 0.15) is 28.8 Å². The van der Waals surface area contributed by atoms with Gasteiger partial charge in [-0.05, 0) is 37.1 Å². The number of nitrogens with zero attached hydrogens (tertiary/aromatic N) is 1. The van der Waals surface area contributed by atoms with Crippen LogP contribution in [-0.2, 0) is 16.1 Å². The summed E-state index contributed by atoms with van der Waals surface area (Å²) in [5, 5.41) is 2.87. The Balaban J connectivity index is 0.00000288. The standard InChI is InChI=1S/C17H25N3O3.ClH/c1-23-17(22)14-5-2-4-13(10-14)11-20-9-3-6-15(12-20)16(21)19-8-7-18;/h2,4-5,10,15H,3,6-9,11-12,18H2,1H3,(H,19,21);1H. The van der Waals surface area contributed by atoms with Gasteiger partial charge in [-0.3, -0.25) is 9.69 Å². The predicted molar refractivity (Wildman–Crippen MR) is 95.1 cm³/mol. The number of methoxy groups -OCH3 is 1. The molecule has 24 heavy (non-hydrogen) atoms. The molecule has 1 heterocycles. The van der Waals surface area contributed by atoms with Gasteiger partial charge in [-0.25, -0.2) is 4.79 Å². The lowest BCUT2D eigenvalue weighted by Gasteiger charge is -2.32. The molecule has 2 rings (SSSR count). The van der Waals surface area contributed by atoms with Crippen LogP contribution in [0.3, 0.4) is 0 Å². The number of esters is 1. The molecular formula is C17H26ClN3O3. The Labute approximate surface area is 149 Å². The third-order valence-electron chi connectivity index (χ3n) is 4.07. The molecular weight excluding hydrogens is 330 g/mol. The van der Waals surface area contributed by atoms with Crippen molar-refractivity contribution >= 4 is 24.3 Å². The van der Waals surface area contributed by atoms with Crippen LogP contribution in [0.5, 0.6) is 0 Å². The van der Waals surface area contributed by atoms with Crippen LogP contribution in [0.25, 0.3) is 0 Å². The van der Waals surface area contributed by atoms with Crippen LogP contribution in [0, 0.1) is 5.92 Å². The van der Waals surface area contributed by atoms with Crippen LogP contribution >= 0.6 is 12.4 Å². The number of hydrogen-bond acceptors (Lipinski definition) is 5. The van der Waals surface area contributed by atoms with Crippen LogP contribution in [0.2, 0.25) is 0 Å². The van der Waals surface area contributed by atoms with Crippen LogP contribution in [-0.4, -0.2) is 50.1 Å². The van der Waals surface area contributed by atoms with Crippen molar-refractivity contribution in [3.8, 4) is 0 Å². The summed E-state index contributed by atoms with van der Waals surface area (Å²) in [4.78, 5) is 25.9. The van der Waals surface area contributed by atoms with Crippen molar-refractivity contribution in [1.82, 2.24) is 10.2 Å². The van der Waals surface area contributed by atoms with Gasteiger partial charge < -0.3 is 15.8 Å². The van der Waals surface area contributed by atoms with Crippen molar-refractivity contribution in [3.05, 3.63) is 35.4 Å². The molecule has 1 amide bonds. The molecule has 1 fully saturated rings. The van der Waals surface area contributed by atoms with Crippen LogP contribution in [0.4, 0.5) is 0 Å². The molecule has 3 N–H and O–H groups in total. The molecule has 0 spiro atoms. The van der Waals surface area contributed by atoms with Gasteiger partial charge in [0.25, 0.3) is 0 Å². The monoisotopic (exact) mass is 355 g/mol. The van der Waals surface area contributed by atoms with E-state index in [1.807, 2.05) is 18.2 Å². The molecule has 1 aliphatic rings. The van der Waals surface area contributed by atoms with Gasteiger partial charge in [-0.1, -0.05) is 12.1 Å². The first-order valence-electron chi connectivity index (χ1n) is 8.01. The highest BCUT2D eigenvalue weighted by Gasteiger charge is 2.25. The average molecular weight is 356 g/mol. The molecule has 1 unspecified atom stereocenters. The van der Waals surface area contributed by atoms with E-state index >= 15 is 0 Å². The second-order valence-electron chi connectivity index (χ2n) is 5.85. The summed E-state index contributed by atoms with van der Waals surface area (Å²) in [6.07, 6.45) is 1.91. The minimum Gasteiger partial charge on any atom is -0.465 e. The third-order valence-corrected chi connectivity index (χ3v) is 4.07. The number of carbonyl (C=O) groups excluding carboxylic acids is 2. The minimum atomic E-state index is -0.329. The van der Waals surface area contributed by atoms with Crippen molar-refractivity contribution in [3.63, 3.8) is 0 Å². The number of hydrogen-bond donors (Lipinski definition) is 2. The Morgan fingerprint density at radius 2 is 2.21 bits per heavy atom. The van der Waals surface area contributed by atoms with E-state index in [9.17, 15) is 9.59 Å². The molecule has 0 aromatic heterocycles. The SMILES string of the molecule is COC(=O)c1cccc(CN2CCCC(C(=O)NCCN)C2)c1.Cl. The maximum atomic E-state index is 12.1. The quantitative estimate of drug-likeness (QED) is 0.748. The molecule has 1 saturated heterocycles. The fourth-order valence-corrected chi connectivity index (χ4v) is 2.93. The maximum absolute atomic E-state index is 12.1. The molecule has 0 radical (unpaired) electrons. The van der Waals surface area contributed by atoms with Gasteiger partial charge in [-0.2, -0.15) is 0 Å². The zero-order valence-corrected chi connectivity index (χ0v) is 14.8. The highest BCUT2D eigenvalue weighted by atomic mass is 35.5. The van der Waals surface area contributed by atoms with Gasteiger partial charge in [0.15, 0.2) is 0 Å². The molecule has 0 saturated carbocycles. The minimum absolute atomic E-state index is 0. The van der Waals surface area contributed by atoms with E-state index in [0.717, 1.165) is 38.0 Å². The van der Waals surface area contributed by atoms with E-state index in [1.54, 1.807) is 6.07 Å². The largest absolute Gasteiger partial charge is 0.465 e. The van der Waals surface area contributed by atoms with E-state index in [4.69, 9.17) is 10.5 Å². The zero-order valence-electron chi connectivity index (χ0n) is 14.0. The van der Waals surface area contributed by atoms with Gasteiger partial charge in [0.05, 0.1) is 18.6 Å². The molecule has 1 aromatic carbocycles. The number of rotatable bonds is 6. The van der Waals surface area contributed by atoms with Gasteiger partial charge in [0.1, 0.15) is 0 Å². The normalized spacial score (nSPS) is 17.7. The summed E-state index contributed by atoms with van der Waals surface area (Å²) in [7, 11) is 1.38. The highest BCUT2D eigenvalue weighted by Crippen LogP contribution is 2.19. The summed E-state index contributed by atoms with van der Waals surface area (Å²) < 4.78 is 4.75. The third kappa shape index (κ3) is 5.78. The van der Waals surface area contributed by atoms with Crippen LogP contribution in [0.15, 0.2) is 24.3 Å². The Kier molecular flexibility index (Phi) is 8.74. The maximum Gasteiger partial charge on any atom is 0.337 e. The van der Waals surface area contributed by atoms with E-state index in [2.05, 4.69) is 10.2 Å². The number of likely N-dealkylation sites (tertiary alicyclic amines) is 1. The molecule has 1 aromatic rings. The fourth-order valence-electron chi connectivity index (χ4n) is 2.93. The second kappa shape index (κ2) is 10.3. The lowest BCUT2D eigenvalue weighted by atomic mass is 9.96. The number of nitrogens with two attached hydrogens (primary N) is 1. The molecule has 134 valence electrons. The van der Waals surface area contributed by atoms with Gasteiger partial charge in [0, 0.05) is 26.2 Å². The van der Waals surface area contributed by atoms with Gasteiger partial charge in [-0.15, -0.1) is 12.4 Å². The highest BCUT2D eigenvalue weighted by molar-refractivity contribution is 5.89. The van der Waals surface area contributed by atoms with Crippen LogP contribution < -0.4 is 11.1 Å². The lowest BCUT2D eigenvalue weighted by molar-refractivity contribution is -0.126. The summed E-state index contributed by atoms with van der Waals surface area (Å²) in [5.41, 5.74) is 7.03. The number of ether oxygens (including phenoxy) is 1. The lowest BCUT2D eigenvalue weighted by Crippen LogP contribution is -2.43. The molecule has 7 heteroatoms. The predicted octanol–water partition coefficient (Wildman–Crippen LogP) is 1.18. The smallest absolute Gasteiger partial charge is 0.337 e. The van der Waals surface area contributed by atoms with Gasteiger partial charge >= 0.3 is 5.97 Å². The molecule has 0 bridgehead atoms. The molecule has 0 aliphatic carbocycles. The van der Waals surface area contributed by atoms with Gasteiger partial charge in [0.2, 0.25) is 5.91 Å². The number of benzene rings is 1. The second-order valence-corrected chi connectivity index (χ2v) is 5.85. The summed E-state index contributed by atoms with van der Waals surface area (Å²) in [6.45, 7) is 3.41. The van der Waals surface area contributed by atoms with E-state index in [0.29, 0.717) is 18.7 Å². The van der Waals surface area contributed by atoms with E-state index in [1.165, 1.54) is 7.11 Å². The molecule has 1 atom stereocenters. The number of carbonyl (C=O) groups is 2. The average Bonchev–Trinajstić information content (AvgIpc) is 2.59. The van der Waals surface area contributed by atoms with E-state index < -0.39 is 0 Å². The first-order valence-corrected chi connectivity index (χ1v) is 8.01.